The molecule has 2 rings (SSSR count). The number of benzene rings is 1. The Hall–Kier alpha value is -1.55. The topological polar surface area (TPSA) is 38.7 Å². The molecule has 1 heterocycles. The monoisotopic (exact) mass is 384 g/mol. The molecule has 27 heavy (non-hydrogen) atoms. The molecule has 0 bridgehead atoms. The van der Waals surface area contributed by atoms with Crippen molar-refractivity contribution >= 4 is 0 Å². The van der Waals surface area contributed by atoms with Gasteiger partial charge in [-0.3, -0.25) is 0 Å². The standard InChI is InChI=1S/C21H27F3O3/c1-4-9-20(25,21(22,23)24)11-10-19(2,3)15-16-7-5-8-17(14-16)18-26-12-6-13-27-18/h1,5,7-8,14,18,25H,6,9-13,15H2,2-3H3. The van der Waals surface area contributed by atoms with Crippen molar-refractivity contribution in [1.82, 2.24) is 0 Å². The average Bonchev–Trinajstić information content (AvgIpc) is 2.60. The minimum Gasteiger partial charge on any atom is -0.380 e. The van der Waals surface area contributed by atoms with Crippen LogP contribution in [0.1, 0.15) is 56.9 Å². The predicted octanol–water partition coefficient (Wildman–Crippen LogP) is 4.79. The zero-order valence-electron chi connectivity index (χ0n) is 15.8. The van der Waals surface area contributed by atoms with Crippen LogP contribution in [0.3, 0.4) is 0 Å². The van der Waals surface area contributed by atoms with Gasteiger partial charge in [0.1, 0.15) is 0 Å². The maximum Gasteiger partial charge on any atom is 0.418 e. The van der Waals surface area contributed by atoms with E-state index in [1.165, 1.54) is 0 Å². The van der Waals surface area contributed by atoms with E-state index in [4.69, 9.17) is 15.9 Å². The van der Waals surface area contributed by atoms with Crippen LogP contribution in [-0.2, 0) is 15.9 Å². The molecule has 3 nitrogen and oxygen atoms in total. The lowest BCUT2D eigenvalue weighted by molar-refractivity contribution is -0.262. The molecule has 1 aliphatic rings. The number of hydrogen-bond acceptors (Lipinski definition) is 3. The van der Waals surface area contributed by atoms with Crippen LogP contribution in [-0.4, -0.2) is 30.1 Å². The van der Waals surface area contributed by atoms with Gasteiger partial charge in [0, 0.05) is 12.0 Å². The molecule has 0 amide bonds. The van der Waals surface area contributed by atoms with E-state index in [-0.39, 0.29) is 6.42 Å². The molecule has 150 valence electrons. The molecule has 0 aliphatic carbocycles. The maximum absolute atomic E-state index is 13.2. The Balaban J connectivity index is 2.04. The van der Waals surface area contributed by atoms with Gasteiger partial charge in [0.15, 0.2) is 11.9 Å². The van der Waals surface area contributed by atoms with Crippen molar-refractivity contribution in [3.05, 3.63) is 35.4 Å². The van der Waals surface area contributed by atoms with Gasteiger partial charge in [0.05, 0.1) is 13.2 Å². The van der Waals surface area contributed by atoms with Crippen molar-refractivity contribution in [3.8, 4) is 12.3 Å². The first-order chi connectivity index (χ1) is 12.6. The zero-order chi connectivity index (χ0) is 20.1. The van der Waals surface area contributed by atoms with Crippen LogP contribution in [0, 0.1) is 17.8 Å². The minimum atomic E-state index is -4.75. The second-order valence-electron chi connectivity index (χ2n) is 7.92. The fourth-order valence-corrected chi connectivity index (χ4v) is 3.22. The Morgan fingerprint density at radius 1 is 1.19 bits per heavy atom. The molecule has 0 radical (unpaired) electrons. The van der Waals surface area contributed by atoms with Crippen LogP contribution < -0.4 is 0 Å². The normalized spacial score (nSPS) is 18.7. The molecule has 1 N–H and O–H groups in total. The van der Waals surface area contributed by atoms with E-state index in [9.17, 15) is 18.3 Å². The summed E-state index contributed by atoms with van der Waals surface area (Å²) in [7, 11) is 0. The van der Waals surface area contributed by atoms with Crippen LogP contribution in [0.2, 0.25) is 0 Å². The van der Waals surface area contributed by atoms with Gasteiger partial charge in [-0.05, 0) is 36.7 Å². The summed E-state index contributed by atoms with van der Waals surface area (Å²) >= 11 is 0. The third-order valence-corrected chi connectivity index (χ3v) is 4.87. The molecule has 0 spiro atoms. The molecule has 1 aliphatic heterocycles. The largest absolute Gasteiger partial charge is 0.418 e. The Morgan fingerprint density at radius 3 is 2.44 bits per heavy atom. The van der Waals surface area contributed by atoms with Crippen LogP contribution in [0.25, 0.3) is 0 Å². The lowest BCUT2D eigenvalue weighted by Gasteiger charge is -2.33. The number of hydrogen-bond donors (Lipinski definition) is 1. The maximum atomic E-state index is 13.2. The number of aliphatic hydroxyl groups is 1. The molecule has 1 aromatic rings. The van der Waals surface area contributed by atoms with Gasteiger partial charge in [-0.25, -0.2) is 0 Å². The summed E-state index contributed by atoms with van der Waals surface area (Å²) in [6.07, 6.45) is 0.338. The fourth-order valence-electron chi connectivity index (χ4n) is 3.22. The highest BCUT2D eigenvalue weighted by Gasteiger charge is 2.53. The van der Waals surface area contributed by atoms with Crippen LogP contribution in [0.4, 0.5) is 13.2 Å². The predicted molar refractivity (Wildman–Crippen MR) is 96.9 cm³/mol. The number of rotatable bonds is 7. The highest BCUT2D eigenvalue weighted by Crippen LogP contribution is 2.40. The average molecular weight is 384 g/mol. The third kappa shape index (κ3) is 5.97. The molecule has 0 saturated carbocycles. The number of alkyl halides is 3. The van der Waals surface area contributed by atoms with E-state index < -0.39 is 36.3 Å². The summed E-state index contributed by atoms with van der Waals surface area (Å²) in [5, 5.41) is 9.99. The van der Waals surface area contributed by atoms with Gasteiger partial charge in [0.2, 0.25) is 0 Å². The summed E-state index contributed by atoms with van der Waals surface area (Å²) in [5.74, 6) is 1.95. The zero-order valence-corrected chi connectivity index (χ0v) is 15.8. The molecule has 1 atom stereocenters. The number of ether oxygens (including phenoxy) is 2. The molecular formula is C21H27F3O3. The molecule has 0 aromatic heterocycles. The summed E-state index contributed by atoms with van der Waals surface area (Å²) in [6.45, 7) is 5.07. The number of halogens is 3. The van der Waals surface area contributed by atoms with Crippen molar-refractivity contribution in [2.24, 2.45) is 5.41 Å². The highest BCUT2D eigenvalue weighted by atomic mass is 19.4. The highest BCUT2D eigenvalue weighted by molar-refractivity contribution is 5.25. The lowest BCUT2D eigenvalue weighted by Crippen LogP contribution is -2.45. The first-order valence-corrected chi connectivity index (χ1v) is 9.11. The van der Waals surface area contributed by atoms with Gasteiger partial charge in [0.25, 0.3) is 0 Å². The summed E-state index contributed by atoms with van der Waals surface area (Å²) in [5.41, 5.74) is -1.39. The first kappa shape index (κ1) is 21.7. The van der Waals surface area contributed by atoms with Gasteiger partial charge >= 0.3 is 6.18 Å². The van der Waals surface area contributed by atoms with Gasteiger partial charge < -0.3 is 14.6 Å². The Bertz CT molecular complexity index is 657. The van der Waals surface area contributed by atoms with Gasteiger partial charge in [-0.1, -0.05) is 38.1 Å². The lowest BCUT2D eigenvalue weighted by atomic mass is 9.77. The van der Waals surface area contributed by atoms with E-state index in [1.54, 1.807) is 0 Å². The summed E-state index contributed by atoms with van der Waals surface area (Å²) < 4.78 is 50.7. The fraction of sp³-hybridized carbons (Fsp3) is 0.619. The smallest absolute Gasteiger partial charge is 0.380 e. The molecule has 1 fully saturated rings. The quantitative estimate of drug-likeness (QED) is 0.687. The molecule has 1 aromatic carbocycles. The van der Waals surface area contributed by atoms with E-state index in [1.807, 2.05) is 44.0 Å². The van der Waals surface area contributed by atoms with Gasteiger partial charge in [-0.15, -0.1) is 12.3 Å². The van der Waals surface area contributed by atoms with Gasteiger partial charge in [-0.2, -0.15) is 13.2 Å². The summed E-state index contributed by atoms with van der Waals surface area (Å²) in [4.78, 5) is 0. The van der Waals surface area contributed by atoms with Crippen LogP contribution in [0.5, 0.6) is 0 Å². The molecular weight excluding hydrogens is 357 g/mol. The van der Waals surface area contributed by atoms with Crippen molar-refractivity contribution < 1.29 is 27.8 Å². The van der Waals surface area contributed by atoms with Crippen molar-refractivity contribution in [3.63, 3.8) is 0 Å². The second-order valence-corrected chi connectivity index (χ2v) is 7.92. The van der Waals surface area contributed by atoms with Crippen LogP contribution >= 0.6 is 0 Å². The second kappa shape index (κ2) is 8.64. The SMILES string of the molecule is C#CCC(O)(CCC(C)(C)Cc1cccc(C2OCCCO2)c1)C(F)(F)F. The van der Waals surface area contributed by atoms with E-state index in [0.717, 1.165) is 17.5 Å². The Morgan fingerprint density at radius 2 is 1.85 bits per heavy atom. The van der Waals surface area contributed by atoms with E-state index in [2.05, 4.69) is 0 Å². The van der Waals surface area contributed by atoms with E-state index >= 15 is 0 Å². The van der Waals surface area contributed by atoms with Crippen molar-refractivity contribution in [1.29, 1.82) is 0 Å². The summed E-state index contributed by atoms with van der Waals surface area (Å²) in [6, 6.07) is 7.72. The van der Waals surface area contributed by atoms with Crippen molar-refractivity contribution in [2.75, 3.05) is 13.2 Å². The first-order valence-electron chi connectivity index (χ1n) is 9.11. The minimum absolute atomic E-state index is 0.186. The third-order valence-electron chi connectivity index (χ3n) is 4.87. The van der Waals surface area contributed by atoms with Crippen LogP contribution in [0.15, 0.2) is 24.3 Å². The Labute approximate surface area is 158 Å². The van der Waals surface area contributed by atoms with Crippen molar-refractivity contribution in [2.45, 2.75) is 64.0 Å². The number of terminal acetylenes is 1. The molecule has 6 heteroatoms. The van der Waals surface area contributed by atoms with E-state index in [0.29, 0.717) is 19.6 Å². The molecule has 1 unspecified atom stereocenters. The Kier molecular flexibility index (Phi) is 6.96. The molecule has 1 saturated heterocycles.